The smallest absolute Gasteiger partial charge is 0.311 e. The van der Waals surface area contributed by atoms with E-state index in [4.69, 9.17) is 9.47 Å². The second-order valence-corrected chi connectivity index (χ2v) is 15.3. The lowest BCUT2D eigenvalue weighted by Crippen LogP contribution is -2.66. The summed E-state index contributed by atoms with van der Waals surface area (Å²) in [6.45, 7) is 16.6. The second-order valence-electron chi connectivity index (χ2n) is 15.3. The third kappa shape index (κ3) is 3.15. The van der Waals surface area contributed by atoms with Crippen LogP contribution in [-0.2, 0) is 19.1 Å². The van der Waals surface area contributed by atoms with Crippen molar-refractivity contribution in [3.63, 3.8) is 0 Å². The number of hydrogen-bond acceptors (Lipinski definition) is 4. The van der Waals surface area contributed by atoms with E-state index < -0.39 is 5.41 Å². The summed E-state index contributed by atoms with van der Waals surface area (Å²) >= 11 is 0. The molecule has 0 heterocycles. The molecule has 202 valence electrons. The molecule has 0 saturated heterocycles. The zero-order valence-corrected chi connectivity index (χ0v) is 24.4. The largest absolute Gasteiger partial charge is 0.469 e. The first-order valence-electron chi connectivity index (χ1n) is 14.5. The highest BCUT2D eigenvalue weighted by molar-refractivity contribution is 5.95. The minimum atomic E-state index is -0.467. The predicted molar refractivity (Wildman–Crippen MR) is 142 cm³/mol. The molecule has 4 saturated carbocycles. The maximum atomic E-state index is 14.4. The van der Waals surface area contributed by atoms with Crippen molar-refractivity contribution in [2.24, 2.45) is 50.2 Å². The van der Waals surface area contributed by atoms with Gasteiger partial charge >= 0.3 is 5.97 Å². The zero-order chi connectivity index (χ0) is 26.5. The van der Waals surface area contributed by atoms with Crippen LogP contribution < -0.4 is 0 Å². The van der Waals surface area contributed by atoms with E-state index in [1.165, 1.54) is 19.1 Å². The van der Waals surface area contributed by atoms with Gasteiger partial charge in [-0.2, -0.15) is 0 Å². The molecule has 0 amide bonds. The minimum absolute atomic E-state index is 0.0124. The molecule has 0 bridgehead atoms. The average Bonchev–Trinajstić information content (AvgIpc) is 2.80. The standard InChI is InChI=1S/C32H50O4/c1-27(2)23-10-13-32(7)25(30(23,5)12-11-24(27)35-8)22(33)18-20-21-19-29(4,26(34)36-9)15-14-28(21,3)16-17-31(20,32)6/h18,21,23-25H,10-17,19H2,1-9H3/t21?,23?,24?,25?,28-,29+,30?,31-,32?/m1/s1. The molecule has 0 aromatic carbocycles. The fourth-order valence-electron chi connectivity index (χ4n) is 11.0. The highest BCUT2D eigenvalue weighted by Gasteiger charge is 2.70. The number of methoxy groups -OCH3 is 2. The highest BCUT2D eigenvalue weighted by atomic mass is 16.5. The Balaban J connectivity index is 1.60. The number of esters is 1. The summed E-state index contributed by atoms with van der Waals surface area (Å²) in [4.78, 5) is 27.2. The van der Waals surface area contributed by atoms with Crippen molar-refractivity contribution in [2.45, 2.75) is 112 Å². The van der Waals surface area contributed by atoms with Crippen LogP contribution in [-0.4, -0.2) is 32.1 Å². The van der Waals surface area contributed by atoms with Crippen molar-refractivity contribution in [2.75, 3.05) is 14.2 Å². The fraction of sp³-hybridized carbons (Fsp3) is 0.875. The summed E-state index contributed by atoms with van der Waals surface area (Å²) < 4.78 is 11.2. The van der Waals surface area contributed by atoms with E-state index in [1.54, 1.807) is 0 Å². The van der Waals surface area contributed by atoms with Crippen LogP contribution in [0.15, 0.2) is 11.6 Å². The van der Waals surface area contributed by atoms with Crippen molar-refractivity contribution in [3.05, 3.63) is 11.6 Å². The van der Waals surface area contributed by atoms with E-state index in [-0.39, 0.29) is 51.0 Å². The molecular weight excluding hydrogens is 448 g/mol. The normalized spacial score (nSPS) is 51.7. The molecule has 5 aliphatic rings. The first-order chi connectivity index (χ1) is 16.6. The first-order valence-corrected chi connectivity index (χ1v) is 14.5. The molecule has 4 fully saturated rings. The molecule has 0 aromatic heterocycles. The minimum Gasteiger partial charge on any atom is -0.469 e. The molecule has 0 radical (unpaired) electrons. The van der Waals surface area contributed by atoms with Gasteiger partial charge in [-0.1, -0.05) is 47.1 Å². The molecular formula is C32H50O4. The maximum Gasteiger partial charge on any atom is 0.311 e. The number of carbonyl (C=O) groups is 2. The van der Waals surface area contributed by atoms with Gasteiger partial charge in [-0.15, -0.1) is 0 Å². The van der Waals surface area contributed by atoms with Gasteiger partial charge in [0.25, 0.3) is 0 Å². The van der Waals surface area contributed by atoms with Crippen LogP contribution in [0.25, 0.3) is 0 Å². The molecule has 4 nitrogen and oxygen atoms in total. The number of fused-ring (bicyclic) bond motifs is 7. The zero-order valence-electron chi connectivity index (χ0n) is 24.4. The van der Waals surface area contributed by atoms with Gasteiger partial charge in [-0.3, -0.25) is 9.59 Å². The molecule has 4 heteroatoms. The molecule has 0 aromatic rings. The summed E-state index contributed by atoms with van der Waals surface area (Å²) in [7, 11) is 3.37. The van der Waals surface area contributed by atoms with Crippen LogP contribution in [0.3, 0.4) is 0 Å². The van der Waals surface area contributed by atoms with Crippen molar-refractivity contribution in [1.82, 2.24) is 0 Å². The molecule has 6 unspecified atom stereocenters. The summed E-state index contributed by atoms with van der Waals surface area (Å²) in [6, 6.07) is 0. The van der Waals surface area contributed by atoms with Gasteiger partial charge in [0.05, 0.1) is 18.6 Å². The van der Waals surface area contributed by atoms with Gasteiger partial charge in [0, 0.05) is 13.0 Å². The van der Waals surface area contributed by atoms with Gasteiger partial charge in [0.15, 0.2) is 5.78 Å². The Morgan fingerprint density at radius 3 is 2.19 bits per heavy atom. The first kappa shape index (κ1) is 26.4. The number of allylic oxidation sites excluding steroid dienone is 2. The Morgan fingerprint density at radius 1 is 0.889 bits per heavy atom. The SMILES string of the molecule is COC(=O)[C@@]1(C)CC[C@]2(C)CC[C@]3(C)C(=CC(=O)C4C5(C)CCC(OC)C(C)(C)C5CCC43C)C2C1. The summed E-state index contributed by atoms with van der Waals surface area (Å²) in [5.41, 5.74) is 1.03. The second kappa shape index (κ2) is 7.93. The monoisotopic (exact) mass is 498 g/mol. The van der Waals surface area contributed by atoms with E-state index in [1.807, 2.05) is 7.11 Å². The lowest BCUT2D eigenvalue weighted by Gasteiger charge is -2.70. The molecule has 0 aliphatic heterocycles. The van der Waals surface area contributed by atoms with Crippen LogP contribution >= 0.6 is 0 Å². The summed E-state index contributed by atoms with van der Waals surface area (Å²) in [6.07, 6.45) is 11.7. The number of rotatable bonds is 2. The van der Waals surface area contributed by atoms with E-state index in [2.05, 4.69) is 54.5 Å². The van der Waals surface area contributed by atoms with Crippen molar-refractivity contribution >= 4 is 11.8 Å². The topological polar surface area (TPSA) is 52.6 Å². The lowest BCUT2D eigenvalue weighted by atomic mass is 9.33. The van der Waals surface area contributed by atoms with Crippen LogP contribution in [0.1, 0.15) is 106 Å². The Morgan fingerprint density at radius 2 is 1.56 bits per heavy atom. The number of ketones is 1. The van der Waals surface area contributed by atoms with Crippen molar-refractivity contribution in [3.8, 4) is 0 Å². The number of hydrogen-bond donors (Lipinski definition) is 0. The van der Waals surface area contributed by atoms with Crippen molar-refractivity contribution < 1.29 is 19.1 Å². The van der Waals surface area contributed by atoms with Crippen molar-refractivity contribution in [1.29, 1.82) is 0 Å². The van der Waals surface area contributed by atoms with E-state index in [9.17, 15) is 9.59 Å². The molecule has 5 aliphatic carbocycles. The van der Waals surface area contributed by atoms with Gasteiger partial charge in [0.2, 0.25) is 0 Å². The van der Waals surface area contributed by atoms with E-state index in [0.29, 0.717) is 11.7 Å². The number of ether oxygens (including phenoxy) is 2. The molecule has 0 spiro atoms. The Labute approximate surface area is 219 Å². The molecule has 9 atom stereocenters. The Bertz CT molecular complexity index is 996. The third-order valence-electron chi connectivity index (χ3n) is 13.5. The quantitative estimate of drug-likeness (QED) is 0.379. The Hall–Kier alpha value is -1.16. The van der Waals surface area contributed by atoms with E-state index in [0.717, 1.165) is 51.4 Å². The van der Waals surface area contributed by atoms with E-state index >= 15 is 0 Å². The lowest BCUT2D eigenvalue weighted by molar-refractivity contribution is -0.206. The van der Waals surface area contributed by atoms with Crippen LogP contribution in [0.2, 0.25) is 0 Å². The third-order valence-corrected chi connectivity index (χ3v) is 13.5. The van der Waals surface area contributed by atoms with Gasteiger partial charge < -0.3 is 9.47 Å². The van der Waals surface area contributed by atoms with Gasteiger partial charge in [-0.05, 0) is 110 Å². The predicted octanol–water partition coefficient (Wildman–Crippen LogP) is 7.16. The maximum absolute atomic E-state index is 14.4. The van der Waals surface area contributed by atoms with Crippen LogP contribution in [0, 0.1) is 50.2 Å². The highest BCUT2D eigenvalue weighted by Crippen LogP contribution is 2.75. The average molecular weight is 499 g/mol. The summed E-state index contributed by atoms with van der Waals surface area (Å²) in [5, 5.41) is 0. The fourth-order valence-corrected chi connectivity index (χ4v) is 11.0. The van der Waals surface area contributed by atoms with Gasteiger partial charge in [-0.25, -0.2) is 0 Å². The Kier molecular flexibility index (Phi) is 5.83. The molecule has 36 heavy (non-hydrogen) atoms. The van der Waals surface area contributed by atoms with Gasteiger partial charge in [0.1, 0.15) is 0 Å². The van der Waals surface area contributed by atoms with Crippen LogP contribution in [0.4, 0.5) is 0 Å². The molecule has 5 rings (SSSR count). The summed E-state index contributed by atoms with van der Waals surface area (Å²) in [5.74, 6) is 1.07. The number of carbonyl (C=O) groups excluding carboxylic acids is 2. The molecule has 0 N–H and O–H groups in total. The van der Waals surface area contributed by atoms with Crippen LogP contribution in [0.5, 0.6) is 0 Å².